The van der Waals surface area contributed by atoms with Gasteiger partial charge in [0.25, 0.3) is 0 Å². The van der Waals surface area contributed by atoms with Crippen LogP contribution in [0.5, 0.6) is 0 Å². The zero-order valence-corrected chi connectivity index (χ0v) is 11.8. The van der Waals surface area contributed by atoms with Gasteiger partial charge in [0.05, 0.1) is 4.90 Å². The molecule has 0 aliphatic carbocycles. The van der Waals surface area contributed by atoms with Gasteiger partial charge in [-0.2, -0.15) is 0 Å². The van der Waals surface area contributed by atoms with Crippen LogP contribution < -0.4 is 4.72 Å². The van der Waals surface area contributed by atoms with E-state index in [0.717, 1.165) is 10.0 Å². The number of halogens is 1. The number of aromatic nitrogens is 1. The maximum atomic E-state index is 12.0. The van der Waals surface area contributed by atoms with Crippen molar-refractivity contribution in [2.45, 2.75) is 11.4 Å². The summed E-state index contributed by atoms with van der Waals surface area (Å²) in [6.45, 7) is 0.251. The molecule has 0 saturated carbocycles. The van der Waals surface area contributed by atoms with E-state index < -0.39 is 10.0 Å². The summed E-state index contributed by atoms with van der Waals surface area (Å²) in [7, 11) is -3.47. The number of benzene rings is 1. The van der Waals surface area contributed by atoms with Crippen LogP contribution in [0.2, 0.25) is 0 Å². The van der Waals surface area contributed by atoms with Crippen LogP contribution in [0.25, 0.3) is 0 Å². The van der Waals surface area contributed by atoms with E-state index in [1.807, 2.05) is 0 Å². The first-order valence-electron chi connectivity index (χ1n) is 5.22. The molecule has 0 aliphatic heterocycles. The Balaban J connectivity index is 2.11. The lowest BCUT2D eigenvalue weighted by Crippen LogP contribution is -2.23. The lowest BCUT2D eigenvalue weighted by molar-refractivity contribution is 0.581. The summed E-state index contributed by atoms with van der Waals surface area (Å²) in [6, 6.07) is 10.0. The fourth-order valence-electron chi connectivity index (χ4n) is 1.38. The predicted octanol–water partition coefficient (Wildman–Crippen LogP) is 2.32. The van der Waals surface area contributed by atoms with Crippen molar-refractivity contribution in [3.05, 3.63) is 58.8 Å². The third-order valence-corrected chi connectivity index (χ3v) is 4.29. The van der Waals surface area contributed by atoms with Crippen molar-refractivity contribution in [1.29, 1.82) is 0 Å². The summed E-state index contributed by atoms with van der Waals surface area (Å²) in [5.74, 6) is 0. The van der Waals surface area contributed by atoms with Gasteiger partial charge in [0.1, 0.15) is 0 Å². The van der Waals surface area contributed by atoms with Gasteiger partial charge in [0.15, 0.2) is 0 Å². The number of nitrogens with one attached hydrogen (secondary N) is 1. The summed E-state index contributed by atoms with van der Waals surface area (Å²) in [5.41, 5.74) is 0.866. The molecule has 0 saturated heterocycles. The van der Waals surface area contributed by atoms with E-state index in [4.69, 9.17) is 0 Å². The van der Waals surface area contributed by atoms with Crippen LogP contribution in [0.4, 0.5) is 0 Å². The fourth-order valence-corrected chi connectivity index (χ4v) is 2.66. The van der Waals surface area contributed by atoms with Crippen LogP contribution in [0, 0.1) is 0 Å². The zero-order valence-electron chi connectivity index (χ0n) is 9.38. The van der Waals surface area contributed by atoms with Gasteiger partial charge in [-0.1, -0.05) is 15.9 Å². The topological polar surface area (TPSA) is 59.1 Å². The highest BCUT2D eigenvalue weighted by Crippen LogP contribution is 2.14. The number of hydrogen-bond acceptors (Lipinski definition) is 3. The molecule has 94 valence electrons. The molecule has 18 heavy (non-hydrogen) atoms. The third kappa shape index (κ3) is 3.38. The molecule has 0 amide bonds. The Hall–Kier alpha value is -1.24. The Bertz CT molecular complexity index is 612. The average molecular weight is 327 g/mol. The van der Waals surface area contributed by atoms with E-state index in [1.54, 1.807) is 48.8 Å². The van der Waals surface area contributed by atoms with Gasteiger partial charge in [-0.3, -0.25) is 4.98 Å². The molecule has 2 aromatic rings. The van der Waals surface area contributed by atoms with Gasteiger partial charge in [-0.15, -0.1) is 0 Å². The largest absolute Gasteiger partial charge is 0.265 e. The minimum absolute atomic E-state index is 0.250. The smallest absolute Gasteiger partial charge is 0.240 e. The highest BCUT2D eigenvalue weighted by molar-refractivity contribution is 9.10. The van der Waals surface area contributed by atoms with E-state index >= 15 is 0 Å². The maximum Gasteiger partial charge on any atom is 0.240 e. The Morgan fingerprint density at radius 1 is 1.06 bits per heavy atom. The van der Waals surface area contributed by atoms with Crippen LogP contribution in [0.15, 0.2) is 58.2 Å². The molecule has 0 spiro atoms. The predicted molar refractivity (Wildman–Crippen MR) is 72.4 cm³/mol. The molecule has 1 aromatic heterocycles. The van der Waals surface area contributed by atoms with Gasteiger partial charge >= 0.3 is 0 Å². The van der Waals surface area contributed by atoms with Gasteiger partial charge in [-0.25, -0.2) is 13.1 Å². The highest BCUT2D eigenvalue weighted by atomic mass is 79.9. The molecule has 1 aromatic carbocycles. The van der Waals surface area contributed by atoms with Crippen molar-refractivity contribution >= 4 is 26.0 Å². The number of pyridine rings is 1. The first kappa shape index (κ1) is 13.2. The van der Waals surface area contributed by atoms with Crippen LogP contribution in [0.1, 0.15) is 5.56 Å². The number of sulfonamides is 1. The second-order valence-corrected chi connectivity index (χ2v) is 6.32. The van der Waals surface area contributed by atoms with E-state index in [2.05, 4.69) is 25.6 Å². The summed E-state index contributed by atoms with van der Waals surface area (Å²) < 4.78 is 27.3. The Kier molecular flexibility index (Phi) is 4.11. The Morgan fingerprint density at radius 3 is 2.28 bits per heavy atom. The second-order valence-electron chi connectivity index (χ2n) is 3.63. The van der Waals surface area contributed by atoms with Crippen LogP contribution in [-0.4, -0.2) is 13.4 Å². The lowest BCUT2D eigenvalue weighted by atomic mass is 10.3. The van der Waals surface area contributed by atoms with E-state index in [0.29, 0.717) is 0 Å². The summed E-state index contributed by atoms with van der Waals surface area (Å²) in [4.78, 5) is 4.13. The summed E-state index contributed by atoms with van der Waals surface area (Å²) in [5, 5.41) is 0. The standard InChI is InChI=1S/C12H11BrN2O2S/c13-11-1-3-12(4-2-11)18(16,17)15-9-10-5-7-14-8-6-10/h1-8,15H,9H2. The highest BCUT2D eigenvalue weighted by Gasteiger charge is 2.12. The van der Waals surface area contributed by atoms with Gasteiger partial charge in [0.2, 0.25) is 10.0 Å². The molecule has 4 nitrogen and oxygen atoms in total. The molecular formula is C12H11BrN2O2S. The molecule has 1 N–H and O–H groups in total. The molecule has 0 unspecified atom stereocenters. The number of rotatable bonds is 4. The molecule has 2 rings (SSSR count). The minimum Gasteiger partial charge on any atom is -0.265 e. The maximum absolute atomic E-state index is 12.0. The van der Waals surface area contributed by atoms with Crippen LogP contribution in [-0.2, 0) is 16.6 Å². The quantitative estimate of drug-likeness (QED) is 0.938. The molecule has 0 bridgehead atoms. The summed E-state index contributed by atoms with van der Waals surface area (Å²) in [6.07, 6.45) is 3.26. The molecule has 0 fully saturated rings. The van der Waals surface area contributed by atoms with Gasteiger partial charge in [0, 0.05) is 23.4 Å². The van der Waals surface area contributed by atoms with Gasteiger partial charge < -0.3 is 0 Å². The number of nitrogens with zero attached hydrogens (tertiary/aromatic N) is 1. The van der Waals surface area contributed by atoms with Crippen LogP contribution >= 0.6 is 15.9 Å². The Labute approximate surface area is 114 Å². The monoisotopic (exact) mass is 326 g/mol. The lowest BCUT2D eigenvalue weighted by Gasteiger charge is -2.06. The molecule has 0 radical (unpaired) electrons. The fraction of sp³-hybridized carbons (Fsp3) is 0.0833. The first-order valence-corrected chi connectivity index (χ1v) is 7.50. The molecule has 6 heteroatoms. The zero-order chi connectivity index (χ0) is 13.0. The average Bonchev–Trinajstić information content (AvgIpc) is 2.38. The minimum atomic E-state index is -3.47. The van der Waals surface area contributed by atoms with Crippen LogP contribution in [0.3, 0.4) is 0 Å². The van der Waals surface area contributed by atoms with Crippen molar-refractivity contribution < 1.29 is 8.42 Å². The SMILES string of the molecule is O=S(=O)(NCc1ccncc1)c1ccc(Br)cc1. The Morgan fingerprint density at radius 2 is 1.67 bits per heavy atom. The summed E-state index contributed by atoms with van der Waals surface area (Å²) >= 11 is 3.27. The molecule has 0 aliphatic rings. The molecular weight excluding hydrogens is 316 g/mol. The van der Waals surface area contributed by atoms with E-state index in [-0.39, 0.29) is 11.4 Å². The number of hydrogen-bond donors (Lipinski definition) is 1. The molecule has 0 atom stereocenters. The second kappa shape index (κ2) is 5.60. The van der Waals surface area contributed by atoms with Crippen molar-refractivity contribution in [2.75, 3.05) is 0 Å². The normalized spacial score (nSPS) is 11.4. The first-order chi connectivity index (χ1) is 8.58. The van der Waals surface area contributed by atoms with Crippen molar-refractivity contribution in [3.8, 4) is 0 Å². The van der Waals surface area contributed by atoms with Crippen molar-refractivity contribution in [3.63, 3.8) is 0 Å². The van der Waals surface area contributed by atoms with Gasteiger partial charge in [-0.05, 0) is 42.0 Å². The van der Waals surface area contributed by atoms with Crippen molar-refractivity contribution in [1.82, 2.24) is 9.71 Å². The van der Waals surface area contributed by atoms with E-state index in [1.165, 1.54) is 0 Å². The van der Waals surface area contributed by atoms with Crippen molar-refractivity contribution in [2.24, 2.45) is 0 Å². The molecule has 1 heterocycles. The van der Waals surface area contributed by atoms with E-state index in [9.17, 15) is 8.42 Å². The third-order valence-electron chi connectivity index (χ3n) is 2.34.